The second-order valence-electron chi connectivity index (χ2n) is 5.08. The molecule has 0 aromatic carbocycles. The van der Waals surface area contributed by atoms with Crippen molar-refractivity contribution < 1.29 is 13.5 Å². The van der Waals surface area contributed by atoms with Crippen molar-refractivity contribution in [1.29, 1.82) is 0 Å². The first kappa shape index (κ1) is 15.3. The van der Waals surface area contributed by atoms with Gasteiger partial charge in [-0.05, 0) is 33.1 Å². The first-order valence-electron chi connectivity index (χ1n) is 6.12. The van der Waals surface area contributed by atoms with Crippen molar-refractivity contribution in [2.45, 2.75) is 62.6 Å². The Labute approximate surface area is 110 Å². The molecule has 6 heteroatoms. The number of sulfonamides is 1. The Morgan fingerprint density at radius 3 is 2.18 bits per heavy atom. The molecule has 1 aliphatic rings. The molecule has 2 atom stereocenters. The molecule has 1 N–H and O–H groups in total. The van der Waals surface area contributed by atoms with E-state index in [2.05, 4.69) is 12.6 Å². The van der Waals surface area contributed by atoms with Crippen LogP contribution in [0.3, 0.4) is 0 Å². The predicted molar refractivity (Wildman–Crippen MR) is 72.9 cm³/mol. The van der Waals surface area contributed by atoms with Crippen molar-refractivity contribution in [3.8, 4) is 0 Å². The Morgan fingerprint density at radius 1 is 1.35 bits per heavy atom. The molecule has 0 spiro atoms. The monoisotopic (exact) mass is 281 g/mol. The van der Waals surface area contributed by atoms with Gasteiger partial charge in [-0.1, -0.05) is 6.92 Å². The third-order valence-electron chi connectivity index (χ3n) is 2.98. The van der Waals surface area contributed by atoms with E-state index >= 15 is 0 Å². The highest BCUT2D eigenvalue weighted by Crippen LogP contribution is 2.34. The maximum atomic E-state index is 12.3. The molecular formula is C11H23NO3S2. The number of rotatable bonds is 7. The first-order valence-corrected chi connectivity index (χ1v) is 8.14. The fraction of sp³-hybridized carbons (Fsp3) is 1.00. The molecule has 0 saturated heterocycles. The lowest BCUT2D eigenvalue weighted by Crippen LogP contribution is -2.47. The molecule has 4 nitrogen and oxygen atoms in total. The van der Waals surface area contributed by atoms with Crippen LogP contribution in [0.4, 0.5) is 0 Å². The van der Waals surface area contributed by atoms with Gasteiger partial charge < -0.3 is 5.11 Å². The van der Waals surface area contributed by atoms with Gasteiger partial charge in [0, 0.05) is 17.3 Å². The van der Waals surface area contributed by atoms with Crippen molar-refractivity contribution >= 4 is 22.7 Å². The number of aliphatic hydroxyl groups excluding tert-OH is 1. The van der Waals surface area contributed by atoms with E-state index in [0.717, 1.165) is 12.8 Å². The summed E-state index contributed by atoms with van der Waals surface area (Å²) in [5.74, 6) is 0. The van der Waals surface area contributed by atoms with E-state index in [9.17, 15) is 13.5 Å². The molecule has 0 bridgehead atoms. The van der Waals surface area contributed by atoms with Crippen LogP contribution in [0, 0.1) is 0 Å². The van der Waals surface area contributed by atoms with Crippen molar-refractivity contribution in [2.24, 2.45) is 0 Å². The Kier molecular flexibility index (Phi) is 5.31. The molecule has 0 aromatic rings. The van der Waals surface area contributed by atoms with E-state index in [4.69, 9.17) is 0 Å². The Hall–Kier alpha value is 0.220. The minimum absolute atomic E-state index is 0.0794. The van der Waals surface area contributed by atoms with Crippen LogP contribution in [0.1, 0.15) is 40.0 Å². The summed E-state index contributed by atoms with van der Waals surface area (Å²) in [7, 11) is -3.29. The summed E-state index contributed by atoms with van der Waals surface area (Å²) >= 11 is 4.29. The van der Waals surface area contributed by atoms with Crippen molar-refractivity contribution in [3.05, 3.63) is 0 Å². The van der Waals surface area contributed by atoms with Crippen LogP contribution >= 0.6 is 12.6 Å². The van der Waals surface area contributed by atoms with Crippen LogP contribution in [0.5, 0.6) is 0 Å². The van der Waals surface area contributed by atoms with Gasteiger partial charge in [-0.15, -0.1) is 0 Å². The van der Waals surface area contributed by atoms with Gasteiger partial charge in [0.1, 0.15) is 0 Å². The summed E-state index contributed by atoms with van der Waals surface area (Å²) in [6, 6.07) is -0.242. The standard InChI is InChI=1S/C11H23NO3S2/c1-8(2)17(14,15)12(10-4-5-10)11(7-13)6-9(3)16/h8-11,13,16H,4-7H2,1-3H3/t9?,11-/m1/s1. The van der Waals surface area contributed by atoms with Gasteiger partial charge in [0.15, 0.2) is 0 Å². The van der Waals surface area contributed by atoms with Crippen LogP contribution in [-0.4, -0.2) is 47.0 Å². The Bertz CT molecular complexity index is 337. The van der Waals surface area contributed by atoms with E-state index in [0.29, 0.717) is 6.42 Å². The molecule has 1 fully saturated rings. The summed E-state index contributed by atoms with van der Waals surface area (Å²) in [5, 5.41) is 9.07. The molecule has 1 aliphatic carbocycles. The number of hydrogen-bond acceptors (Lipinski definition) is 4. The van der Waals surface area contributed by atoms with Crippen LogP contribution in [-0.2, 0) is 10.0 Å². The van der Waals surface area contributed by atoms with Gasteiger partial charge in [0.05, 0.1) is 11.9 Å². The molecule has 0 radical (unpaired) electrons. The van der Waals surface area contributed by atoms with Gasteiger partial charge in [-0.2, -0.15) is 16.9 Å². The quantitative estimate of drug-likeness (QED) is 0.691. The number of nitrogens with zero attached hydrogens (tertiary/aromatic N) is 1. The lowest BCUT2D eigenvalue weighted by atomic mass is 10.2. The SMILES string of the molecule is CC(S)C[C@H](CO)N(C1CC1)S(=O)(=O)C(C)C. The minimum atomic E-state index is -3.29. The Morgan fingerprint density at radius 2 is 1.88 bits per heavy atom. The highest BCUT2D eigenvalue weighted by Gasteiger charge is 2.42. The predicted octanol–water partition coefficient (Wildman–Crippen LogP) is 1.26. The minimum Gasteiger partial charge on any atom is -0.395 e. The second kappa shape index (κ2) is 5.91. The van der Waals surface area contributed by atoms with Crippen LogP contribution in [0.25, 0.3) is 0 Å². The topological polar surface area (TPSA) is 57.6 Å². The smallest absolute Gasteiger partial charge is 0.217 e. The summed E-state index contributed by atoms with van der Waals surface area (Å²) in [6.45, 7) is 5.15. The summed E-state index contributed by atoms with van der Waals surface area (Å²) < 4.78 is 26.1. The molecule has 0 aromatic heterocycles. The zero-order valence-electron chi connectivity index (χ0n) is 10.7. The number of hydrogen-bond donors (Lipinski definition) is 2. The third-order valence-corrected chi connectivity index (χ3v) is 5.57. The summed E-state index contributed by atoms with van der Waals surface area (Å²) in [6.07, 6.45) is 2.40. The van der Waals surface area contributed by atoms with Gasteiger partial charge >= 0.3 is 0 Å². The molecule has 1 unspecified atom stereocenters. The first-order chi connectivity index (χ1) is 7.80. The average molecular weight is 281 g/mol. The van der Waals surface area contributed by atoms with E-state index in [1.807, 2.05) is 6.92 Å². The van der Waals surface area contributed by atoms with Crippen LogP contribution in [0.2, 0.25) is 0 Å². The lowest BCUT2D eigenvalue weighted by molar-refractivity contribution is 0.174. The molecule has 0 heterocycles. The van der Waals surface area contributed by atoms with Crippen molar-refractivity contribution in [1.82, 2.24) is 4.31 Å². The molecule has 0 amide bonds. The molecule has 102 valence electrons. The summed E-state index contributed by atoms with van der Waals surface area (Å²) in [4.78, 5) is 0. The van der Waals surface area contributed by atoms with Gasteiger partial charge in [0.2, 0.25) is 10.0 Å². The van der Waals surface area contributed by atoms with Crippen molar-refractivity contribution in [2.75, 3.05) is 6.61 Å². The number of aliphatic hydroxyl groups is 1. The highest BCUT2D eigenvalue weighted by molar-refractivity contribution is 7.89. The fourth-order valence-electron chi connectivity index (χ4n) is 1.94. The number of thiol groups is 1. The molecular weight excluding hydrogens is 258 g/mol. The van der Waals surface area contributed by atoms with E-state index in [-0.39, 0.29) is 23.9 Å². The van der Waals surface area contributed by atoms with Gasteiger partial charge in [-0.3, -0.25) is 0 Å². The van der Waals surface area contributed by atoms with Gasteiger partial charge in [0.25, 0.3) is 0 Å². The van der Waals surface area contributed by atoms with E-state index in [1.54, 1.807) is 13.8 Å². The fourth-order valence-corrected chi connectivity index (χ4v) is 3.86. The zero-order valence-corrected chi connectivity index (χ0v) is 12.4. The van der Waals surface area contributed by atoms with Crippen LogP contribution in [0.15, 0.2) is 0 Å². The van der Waals surface area contributed by atoms with Crippen LogP contribution < -0.4 is 0 Å². The maximum Gasteiger partial charge on any atom is 0.217 e. The molecule has 1 saturated carbocycles. The zero-order chi connectivity index (χ0) is 13.2. The average Bonchev–Trinajstić information content (AvgIpc) is 2.99. The second-order valence-corrected chi connectivity index (χ2v) is 8.35. The maximum absolute atomic E-state index is 12.3. The largest absolute Gasteiger partial charge is 0.395 e. The molecule has 1 rings (SSSR count). The van der Waals surface area contributed by atoms with E-state index < -0.39 is 15.3 Å². The summed E-state index contributed by atoms with van der Waals surface area (Å²) in [5.41, 5.74) is 0. The molecule has 0 aliphatic heterocycles. The molecule has 17 heavy (non-hydrogen) atoms. The van der Waals surface area contributed by atoms with Crippen molar-refractivity contribution in [3.63, 3.8) is 0 Å². The normalized spacial score (nSPS) is 20.9. The third kappa shape index (κ3) is 3.84. The lowest BCUT2D eigenvalue weighted by Gasteiger charge is -2.32. The Balaban J connectivity index is 2.91. The van der Waals surface area contributed by atoms with Gasteiger partial charge in [-0.25, -0.2) is 8.42 Å². The highest BCUT2D eigenvalue weighted by atomic mass is 32.2. The van der Waals surface area contributed by atoms with E-state index in [1.165, 1.54) is 4.31 Å².